The van der Waals surface area contributed by atoms with Gasteiger partial charge in [-0.25, -0.2) is 8.42 Å². The molecule has 0 aromatic heterocycles. The van der Waals surface area contributed by atoms with E-state index in [4.69, 9.17) is 4.74 Å². The van der Waals surface area contributed by atoms with Crippen LogP contribution in [0.2, 0.25) is 0 Å². The Balaban J connectivity index is 2.21. The second kappa shape index (κ2) is 5.06. The molecule has 1 heterocycles. The summed E-state index contributed by atoms with van der Waals surface area (Å²) in [6, 6.07) is 6.66. The monoisotopic (exact) mass is 255 g/mol. The number of ether oxygens (including phenoxy) is 1. The smallest absolute Gasteiger partial charge is 0.182 e. The molecule has 0 amide bonds. The molecule has 17 heavy (non-hydrogen) atoms. The van der Waals surface area contributed by atoms with Gasteiger partial charge in [-0.05, 0) is 44.2 Å². The minimum Gasteiger partial charge on any atom is -0.494 e. The van der Waals surface area contributed by atoms with E-state index in [-0.39, 0.29) is 5.25 Å². The van der Waals surface area contributed by atoms with Crippen LogP contribution in [0.15, 0.2) is 29.2 Å². The van der Waals surface area contributed by atoms with Crippen LogP contribution >= 0.6 is 0 Å². The second-order valence-electron chi connectivity index (χ2n) is 4.06. The van der Waals surface area contributed by atoms with Gasteiger partial charge in [-0.2, -0.15) is 0 Å². The Bertz CT molecular complexity index is 461. The van der Waals surface area contributed by atoms with Gasteiger partial charge in [0.1, 0.15) is 5.75 Å². The van der Waals surface area contributed by atoms with Crippen molar-refractivity contribution in [1.82, 2.24) is 5.32 Å². The summed E-state index contributed by atoms with van der Waals surface area (Å²) in [6.45, 7) is 3.81. The van der Waals surface area contributed by atoms with Crippen LogP contribution in [0.25, 0.3) is 0 Å². The van der Waals surface area contributed by atoms with Gasteiger partial charge >= 0.3 is 0 Å². The van der Waals surface area contributed by atoms with E-state index in [0.29, 0.717) is 30.2 Å². The first-order chi connectivity index (χ1) is 8.14. The van der Waals surface area contributed by atoms with Crippen molar-refractivity contribution >= 4 is 9.84 Å². The maximum Gasteiger partial charge on any atom is 0.182 e. The normalized spacial score (nSPS) is 20.4. The fourth-order valence-electron chi connectivity index (χ4n) is 1.98. The van der Waals surface area contributed by atoms with E-state index in [1.165, 1.54) is 0 Å². The van der Waals surface area contributed by atoms with E-state index >= 15 is 0 Å². The van der Waals surface area contributed by atoms with Crippen molar-refractivity contribution in [2.45, 2.75) is 23.5 Å². The zero-order valence-corrected chi connectivity index (χ0v) is 10.7. The molecule has 1 N–H and O–H groups in total. The van der Waals surface area contributed by atoms with Gasteiger partial charge in [0.05, 0.1) is 16.8 Å². The van der Waals surface area contributed by atoms with Crippen LogP contribution in [0.4, 0.5) is 0 Å². The largest absolute Gasteiger partial charge is 0.494 e. The standard InChI is InChI=1S/C12H17NO3S/c1-2-16-10-3-5-11(6-4-10)17(14,15)12-7-8-13-9-12/h3-6,12-13H,2,7-9H2,1H3. The molecule has 5 heteroatoms. The third-order valence-corrected chi connectivity index (χ3v) is 5.13. The van der Waals surface area contributed by atoms with Crippen LogP contribution in [-0.4, -0.2) is 33.4 Å². The van der Waals surface area contributed by atoms with E-state index in [9.17, 15) is 8.42 Å². The lowest BCUT2D eigenvalue weighted by atomic mass is 10.3. The molecule has 1 aromatic carbocycles. The third kappa shape index (κ3) is 2.61. The molecule has 4 nitrogen and oxygen atoms in total. The van der Waals surface area contributed by atoms with Crippen molar-refractivity contribution in [3.05, 3.63) is 24.3 Å². The molecule has 1 aliphatic rings. The Kier molecular flexibility index (Phi) is 3.69. The van der Waals surface area contributed by atoms with Crippen molar-refractivity contribution in [3.8, 4) is 5.75 Å². The predicted octanol–water partition coefficient (Wildman–Crippen LogP) is 1.22. The lowest BCUT2D eigenvalue weighted by Gasteiger charge is -2.11. The molecule has 0 aliphatic carbocycles. The Morgan fingerprint density at radius 2 is 2.06 bits per heavy atom. The number of nitrogens with one attached hydrogen (secondary N) is 1. The van der Waals surface area contributed by atoms with Gasteiger partial charge in [0.15, 0.2) is 9.84 Å². The second-order valence-corrected chi connectivity index (χ2v) is 6.29. The molecule has 1 unspecified atom stereocenters. The van der Waals surface area contributed by atoms with Gasteiger partial charge in [0, 0.05) is 6.54 Å². The third-order valence-electron chi connectivity index (χ3n) is 2.92. The van der Waals surface area contributed by atoms with Crippen molar-refractivity contribution in [2.24, 2.45) is 0 Å². The minimum atomic E-state index is -3.19. The molecule has 1 fully saturated rings. The Morgan fingerprint density at radius 3 is 2.59 bits per heavy atom. The summed E-state index contributed by atoms with van der Waals surface area (Å²) >= 11 is 0. The molecule has 1 aromatic rings. The molecule has 0 radical (unpaired) electrons. The van der Waals surface area contributed by atoms with Gasteiger partial charge in [0.2, 0.25) is 0 Å². The quantitative estimate of drug-likeness (QED) is 0.879. The SMILES string of the molecule is CCOc1ccc(S(=O)(=O)C2CCNC2)cc1. The number of benzene rings is 1. The summed E-state index contributed by atoms with van der Waals surface area (Å²) in [6.07, 6.45) is 0.690. The van der Waals surface area contributed by atoms with E-state index in [1.54, 1.807) is 24.3 Å². The Hall–Kier alpha value is -1.07. The zero-order valence-electron chi connectivity index (χ0n) is 9.85. The fraction of sp³-hybridized carbons (Fsp3) is 0.500. The van der Waals surface area contributed by atoms with Gasteiger partial charge in [-0.1, -0.05) is 0 Å². The topological polar surface area (TPSA) is 55.4 Å². The molecule has 94 valence electrons. The predicted molar refractivity (Wildman–Crippen MR) is 66.1 cm³/mol. The van der Waals surface area contributed by atoms with E-state index in [1.807, 2.05) is 6.92 Å². The van der Waals surface area contributed by atoms with Crippen LogP contribution in [-0.2, 0) is 9.84 Å². The average Bonchev–Trinajstić information content (AvgIpc) is 2.84. The summed E-state index contributed by atoms with van der Waals surface area (Å²) in [5, 5.41) is 2.78. The number of hydrogen-bond donors (Lipinski definition) is 1. The minimum absolute atomic E-state index is 0.291. The molecule has 0 bridgehead atoms. The summed E-state index contributed by atoms with van der Waals surface area (Å²) in [7, 11) is -3.19. The highest BCUT2D eigenvalue weighted by Gasteiger charge is 2.29. The molecule has 1 saturated heterocycles. The summed E-state index contributed by atoms with van der Waals surface area (Å²) in [5.74, 6) is 0.705. The molecule has 0 spiro atoms. The molecule has 0 saturated carbocycles. The first-order valence-corrected chi connectivity index (χ1v) is 7.36. The number of sulfone groups is 1. The zero-order chi connectivity index (χ0) is 12.3. The number of rotatable bonds is 4. The highest BCUT2D eigenvalue weighted by molar-refractivity contribution is 7.92. The average molecular weight is 255 g/mol. The molecule has 1 atom stereocenters. The summed E-state index contributed by atoms with van der Waals surface area (Å²) in [4.78, 5) is 0.384. The van der Waals surface area contributed by atoms with Crippen molar-refractivity contribution in [2.75, 3.05) is 19.7 Å². The maximum absolute atomic E-state index is 12.2. The maximum atomic E-state index is 12.2. The highest BCUT2D eigenvalue weighted by Crippen LogP contribution is 2.22. The van der Waals surface area contributed by atoms with Crippen LogP contribution < -0.4 is 10.1 Å². The van der Waals surface area contributed by atoms with E-state index in [2.05, 4.69) is 5.32 Å². The fourth-order valence-corrected chi connectivity index (χ4v) is 3.64. The van der Waals surface area contributed by atoms with Crippen molar-refractivity contribution in [3.63, 3.8) is 0 Å². The van der Waals surface area contributed by atoms with Crippen LogP contribution in [0.3, 0.4) is 0 Å². The summed E-state index contributed by atoms with van der Waals surface area (Å²) < 4.78 is 29.7. The Morgan fingerprint density at radius 1 is 1.35 bits per heavy atom. The lowest BCUT2D eigenvalue weighted by Crippen LogP contribution is -2.23. The van der Waals surface area contributed by atoms with Crippen molar-refractivity contribution < 1.29 is 13.2 Å². The van der Waals surface area contributed by atoms with Crippen molar-refractivity contribution in [1.29, 1.82) is 0 Å². The van der Waals surface area contributed by atoms with Crippen LogP contribution in [0.1, 0.15) is 13.3 Å². The first-order valence-electron chi connectivity index (χ1n) is 5.82. The van der Waals surface area contributed by atoms with Gasteiger partial charge in [-0.3, -0.25) is 0 Å². The van der Waals surface area contributed by atoms with E-state index in [0.717, 1.165) is 6.54 Å². The molecular formula is C12H17NO3S. The first kappa shape index (κ1) is 12.4. The molecule has 1 aliphatic heterocycles. The van der Waals surface area contributed by atoms with Crippen LogP contribution in [0, 0.1) is 0 Å². The van der Waals surface area contributed by atoms with Gasteiger partial charge in [0.25, 0.3) is 0 Å². The van der Waals surface area contributed by atoms with Gasteiger partial charge < -0.3 is 10.1 Å². The number of hydrogen-bond acceptors (Lipinski definition) is 4. The van der Waals surface area contributed by atoms with E-state index < -0.39 is 9.84 Å². The molecular weight excluding hydrogens is 238 g/mol. The van der Waals surface area contributed by atoms with Crippen LogP contribution in [0.5, 0.6) is 5.75 Å². The highest BCUT2D eigenvalue weighted by atomic mass is 32.2. The Labute approximate surface area is 102 Å². The van der Waals surface area contributed by atoms with Gasteiger partial charge in [-0.15, -0.1) is 0 Å². The molecule has 2 rings (SSSR count). The lowest BCUT2D eigenvalue weighted by molar-refractivity contribution is 0.340. The summed E-state index contributed by atoms with van der Waals surface area (Å²) in [5.41, 5.74) is 0.